The maximum atomic E-state index is 12.7. The molecule has 1 fully saturated rings. The zero-order valence-corrected chi connectivity index (χ0v) is 5.95. The normalized spacial score (nSPS) is 30.9. The van der Waals surface area contributed by atoms with E-state index in [1.807, 2.05) is 0 Å². The zero-order valence-electron chi connectivity index (χ0n) is 5.95. The minimum atomic E-state index is -2.51. The third-order valence-corrected chi connectivity index (χ3v) is 1.77. The Balaban J connectivity index is 2.43. The van der Waals surface area contributed by atoms with Crippen LogP contribution in [0.5, 0.6) is 0 Å². The first kappa shape index (κ1) is 7.88. The van der Waals surface area contributed by atoms with E-state index in [9.17, 15) is 8.78 Å². The predicted octanol–water partition coefficient (Wildman–Crippen LogP) is 0.203. The van der Waals surface area contributed by atoms with Crippen molar-refractivity contribution in [2.45, 2.75) is 18.4 Å². The molecule has 2 nitrogen and oxygen atoms in total. The van der Waals surface area contributed by atoms with Crippen molar-refractivity contribution in [2.75, 3.05) is 20.1 Å². The molecule has 0 aromatic carbocycles. The number of hydrogen-bond acceptors (Lipinski definition) is 2. The maximum absolute atomic E-state index is 12.7. The van der Waals surface area contributed by atoms with E-state index in [2.05, 4.69) is 10.6 Å². The van der Waals surface area contributed by atoms with Gasteiger partial charge in [-0.3, -0.25) is 0 Å². The topological polar surface area (TPSA) is 24.1 Å². The smallest absolute Gasteiger partial charge is 0.265 e. The van der Waals surface area contributed by atoms with Crippen molar-refractivity contribution in [1.82, 2.24) is 10.6 Å². The number of rotatable bonds is 2. The van der Waals surface area contributed by atoms with Crippen molar-refractivity contribution in [3.05, 3.63) is 0 Å². The van der Waals surface area contributed by atoms with E-state index in [0.29, 0.717) is 13.1 Å². The van der Waals surface area contributed by atoms with Gasteiger partial charge in [0.2, 0.25) is 0 Å². The summed E-state index contributed by atoms with van der Waals surface area (Å²) in [5.74, 6) is -2.51. The molecule has 1 rings (SSSR count). The van der Waals surface area contributed by atoms with Gasteiger partial charge >= 0.3 is 0 Å². The molecular weight excluding hydrogens is 138 g/mol. The average Bonchev–Trinajstić information content (AvgIpc) is 2.13. The highest BCUT2D eigenvalue weighted by Crippen LogP contribution is 2.26. The van der Waals surface area contributed by atoms with Gasteiger partial charge in [0.1, 0.15) is 0 Å². The van der Waals surface area contributed by atoms with E-state index in [1.165, 1.54) is 0 Å². The van der Waals surface area contributed by atoms with Gasteiger partial charge in [0.05, 0.1) is 6.04 Å². The van der Waals surface area contributed by atoms with Gasteiger partial charge in [0.25, 0.3) is 5.92 Å². The number of alkyl halides is 2. The third-order valence-electron chi connectivity index (χ3n) is 1.77. The Labute approximate surface area is 59.0 Å². The molecule has 4 heteroatoms. The first-order valence-electron chi connectivity index (χ1n) is 3.42. The SMILES string of the molecule is CNCC1NCCC1(F)F. The average molecular weight is 150 g/mol. The molecule has 0 aromatic rings. The van der Waals surface area contributed by atoms with Crippen LogP contribution in [0.15, 0.2) is 0 Å². The summed E-state index contributed by atoms with van der Waals surface area (Å²) < 4.78 is 25.4. The zero-order chi connectivity index (χ0) is 7.61. The summed E-state index contributed by atoms with van der Waals surface area (Å²) in [6.07, 6.45) is -0.0284. The first-order chi connectivity index (χ1) is 4.67. The number of nitrogens with one attached hydrogen (secondary N) is 2. The van der Waals surface area contributed by atoms with Crippen LogP contribution in [-0.4, -0.2) is 32.1 Å². The fourth-order valence-corrected chi connectivity index (χ4v) is 1.16. The van der Waals surface area contributed by atoms with E-state index >= 15 is 0 Å². The molecule has 10 heavy (non-hydrogen) atoms. The lowest BCUT2D eigenvalue weighted by Gasteiger charge is -2.17. The number of likely N-dealkylation sites (N-methyl/N-ethyl adjacent to an activating group) is 1. The molecule has 1 unspecified atom stereocenters. The molecule has 0 amide bonds. The number of hydrogen-bond donors (Lipinski definition) is 2. The summed E-state index contributed by atoms with van der Waals surface area (Å²) in [5, 5.41) is 5.46. The van der Waals surface area contributed by atoms with Crippen LogP contribution in [0.1, 0.15) is 6.42 Å². The van der Waals surface area contributed by atoms with Crippen molar-refractivity contribution >= 4 is 0 Å². The van der Waals surface area contributed by atoms with Crippen LogP contribution >= 0.6 is 0 Å². The monoisotopic (exact) mass is 150 g/mol. The summed E-state index contributed by atoms with van der Waals surface area (Å²) in [7, 11) is 1.68. The van der Waals surface area contributed by atoms with Crippen molar-refractivity contribution in [3.63, 3.8) is 0 Å². The molecular formula is C6H12F2N2. The second kappa shape index (κ2) is 2.80. The van der Waals surface area contributed by atoms with Crippen molar-refractivity contribution in [3.8, 4) is 0 Å². The van der Waals surface area contributed by atoms with Gasteiger partial charge in [-0.05, 0) is 7.05 Å². The van der Waals surface area contributed by atoms with Crippen molar-refractivity contribution < 1.29 is 8.78 Å². The Morgan fingerprint density at radius 3 is 2.80 bits per heavy atom. The van der Waals surface area contributed by atoms with Gasteiger partial charge < -0.3 is 10.6 Å². The van der Waals surface area contributed by atoms with Crippen LogP contribution < -0.4 is 10.6 Å². The van der Waals surface area contributed by atoms with E-state index < -0.39 is 12.0 Å². The van der Waals surface area contributed by atoms with Crippen LogP contribution in [0.2, 0.25) is 0 Å². The van der Waals surface area contributed by atoms with E-state index in [1.54, 1.807) is 7.05 Å². The molecule has 1 atom stereocenters. The lowest BCUT2D eigenvalue weighted by molar-refractivity contribution is -0.00985. The van der Waals surface area contributed by atoms with E-state index in [0.717, 1.165) is 0 Å². The van der Waals surface area contributed by atoms with Crippen molar-refractivity contribution in [2.24, 2.45) is 0 Å². The summed E-state index contributed by atoms with van der Waals surface area (Å²) in [5.41, 5.74) is 0. The van der Waals surface area contributed by atoms with Gasteiger partial charge in [-0.25, -0.2) is 8.78 Å². The van der Waals surface area contributed by atoms with E-state index in [-0.39, 0.29) is 6.42 Å². The fourth-order valence-electron chi connectivity index (χ4n) is 1.16. The Bertz CT molecular complexity index is 116. The lowest BCUT2D eigenvalue weighted by atomic mass is 10.1. The van der Waals surface area contributed by atoms with Crippen LogP contribution in [0.25, 0.3) is 0 Å². The third kappa shape index (κ3) is 1.44. The number of halogens is 2. The van der Waals surface area contributed by atoms with Crippen LogP contribution in [0, 0.1) is 0 Å². The predicted molar refractivity (Wildman–Crippen MR) is 35.3 cm³/mol. The minimum Gasteiger partial charge on any atom is -0.318 e. The van der Waals surface area contributed by atoms with Crippen LogP contribution in [-0.2, 0) is 0 Å². The van der Waals surface area contributed by atoms with Gasteiger partial charge in [-0.2, -0.15) is 0 Å². The van der Waals surface area contributed by atoms with Gasteiger partial charge in [-0.1, -0.05) is 0 Å². The Morgan fingerprint density at radius 1 is 1.70 bits per heavy atom. The Kier molecular flexibility index (Phi) is 2.21. The first-order valence-corrected chi connectivity index (χ1v) is 3.42. The molecule has 0 aliphatic carbocycles. The van der Waals surface area contributed by atoms with Crippen molar-refractivity contribution in [1.29, 1.82) is 0 Å². The molecule has 60 valence electrons. The Hall–Kier alpha value is -0.220. The standard InChI is InChI=1S/C6H12F2N2/c1-9-4-5-6(7,8)2-3-10-5/h5,9-10H,2-4H2,1H3. The fraction of sp³-hybridized carbons (Fsp3) is 1.00. The molecule has 2 N–H and O–H groups in total. The highest BCUT2D eigenvalue weighted by molar-refractivity contribution is 4.91. The second-order valence-electron chi connectivity index (χ2n) is 2.58. The summed E-state index contributed by atoms with van der Waals surface area (Å²) >= 11 is 0. The van der Waals surface area contributed by atoms with Gasteiger partial charge in [-0.15, -0.1) is 0 Å². The Morgan fingerprint density at radius 2 is 2.40 bits per heavy atom. The highest BCUT2D eigenvalue weighted by Gasteiger charge is 2.42. The quantitative estimate of drug-likeness (QED) is 0.587. The minimum absolute atomic E-state index is 0.0284. The molecule has 0 radical (unpaired) electrons. The van der Waals surface area contributed by atoms with Gasteiger partial charge in [0.15, 0.2) is 0 Å². The summed E-state index contributed by atoms with van der Waals surface area (Å²) in [6.45, 7) is 0.770. The summed E-state index contributed by atoms with van der Waals surface area (Å²) in [6, 6.07) is -0.669. The molecule has 1 saturated heterocycles. The highest BCUT2D eigenvalue weighted by atomic mass is 19.3. The molecule has 0 saturated carbocycles. The molecule has 1 aliphatic rings. The van der Waals surface area contributed by atoms with Crippen LogP contribution in [0.4, 0.5) is 8.78 Å². The molecule has 1 aliphatic heterocycles. The van der Waals surface area contributed by atoms with Crippen LogP contribution in [0.3, 0.4) is 0 Å². The lowest BCUT2D eigenvalue weighted by Crippen LogP contribution is -2.42. The molecule has 0 aromatic heterocycles. The van der Waals surface area contributed by atoms with E-state index in [4.69, 9.17) is 0 Å². The van der Waals surface area contributed by atoms with Gasteiger partial charge in [0, 0.05) is 19.5 Å². The molecule has 0 spiro atoms. The molecule has 0 bridgehead atoms. The largest absolute Gasteiger partial charge is 0.318 e. The molecule has 1 heterocycles. The maximum Gasteiger partial charge on any atom is 0.265 e. The summed E-state index contributed by atoms with van der Waals surface area (Å²) in [4.78, 5) is 0. The second-order valence-corrected chi connectivity index (χ2v) is 2.58.